The quantitative estimate of drug-likeness (QED) is 0.236. The summed E-state index contributed by atoms with van der Waals surface area (Å²) in [6, 6.07) is 8.00. The number of carbonyl (C=O) groups excluding carboxylic acids is 1. The number of aliphatic hydroxyl groups is 2. The molecule has 14 heteroatoms. The number of carbonyl (C=O) groups is 1. The van der Waals surface area contributed by atoms with Crippen molar-refractivity contribution in [3.05, 3.63) is 71.0 Å². The first-order valence-corrected chi connectivity index (χ1v) is 11.8. The highest BCUT2D eigenvalue weighted by Gasteiger charge is 2.41. The van der Waals surface area contributed by atoms with Gasteiger partial charge in [-0.05, 0) is 63.1 Å². The molecule has 2 heterocycles. The molecule has 0 unspecified atom stereocenters. The van der Waals surface area contributed by atoms with Crippen LogP contribution in [-0.2, 0) is 13.0 Å². The van der Waals surface area contributed by atoms with Crippen LogP contribution in [0.3, 0.4) is 0 Å². The number of hydrogen-bond donors (Lipinski definition) is 4. The van der Waals surface area contributed by atoms with Gasteiger partial charge in [0.2, 0.25) is 0 Å². The average molecular weight is 554 g/mol. The fourth-order valence-electron chi connectivity index (χ4n) is 3.32. The number of amidine groups is 1. The number of halogens is 4. The van der Waals surface area contributed by atoms with Crippen molar-refractivity contribution < 1.29 is 28.2 Å². The zero-order chi connectivity index (χ0) is 28.1. The van der Waals surface area contributed by atoms with Crippen molar-refractivity contribution in [3.8, 4) is 5.69 Å². The molecule has 2 aromatic heterocycles. The summed E-state index contributed by atoms with van der Waals surface area (Å²) in [5.41, 5.74) is 0.509. The number of benzene rings is 1. The van der Waals surface area contributed by atoms with E-state index in [1.807, 2.05) is 0 Å². The first-order valence-electron chi connectivity index (χ1n) is 11.5. The number of hydrogen-bond acceptors (Lipinski definition) is 7. The van der Waals surface area contributed by atoms with Gasteiger partial charge in [-0.2, -0.15) is 13.2 Å². The standard InChI is InChI=1S/C24H27ClF3N7O3/c1-23(2,38)10-9-17-18(4-3-11-30-17)35-14-32-20(33-35)12-31-22(37)34(13-19(36)24(26,27)28)21(29)15-5-7-16(25)8-6-15/h3-8,11,14,19,29,36,38H,9-10,12-13H2,1-2H3,(H,31,37)/t19-/m0/s1. The Labute approximate surface area is 221 Å². The van der Waals surface area contributed by atoms with E-state index in [-0.39, 0.29) is 17.9 Å². The van der Waals surface area contributed by atoms with Gasteiger partial charge in [0.15, 0.2) is 11.9 Å². The Morgan fingerprint density at radius 2 is 1.89 bits per heavy atom. The molecule has 0 aliphatic heterocycles. The molecule has 0 aliphatic rings. The van der Waals surface area contributed by atoms with Gasteiger partial charge in [-0.3, -0.25) is 15.3 Å². The van der Waals surface area contributed by atoms with E-state index in [9.17, 15) is 28.2 Å². The lowest BCUT2D eigenvalue weighted by molar-refractivity contribution is -0.204. The summed E-state index contributed by atoms with van der Waals surface area (Å²) in [4.78, 5) is 21.8. The molecule has 0 spiro atoms. The predicted octanol–water partition coefficient (Wildman–Crippen LogP) is 3.48. The summed E-state index contributed by atoms with van der Waals surface area (Å²) < 4.78 is 40.5. The topological polar surface area (TPSA) is 140 Å². The molecule has 3 aromatic rings. The number of aromatic nitrogens is 4. The maximum atomic E-state index is 13.0. The highest BCUT2D eigenvalue weighted by molar-refractivity contribution is 6.30. The zero-order valence-corrected chi connectivity index (χ0v) is 21.3. The van der Waals surface area contributed by atoms with Crippen LogP contribution in [0.1, 0.15) is 37.4 Å². The van der Waals surface area contributed by atoms with Gasteiger partial charge in [0, 0.05) is 16.8 Å². The third-order valence-corrected chi connectivity index (χ3v) is 5.64. The molecule has 10 nitrogen and oxygen atoms in total. The number of pyridine rings is 1. The number of urea groups is 1. The normalized spacial score (nSPS) is 12.7. The van der Waals surface area contributed by atoms with E-state index in [1.165, 1.54) is 35.3 Å². The van der Waals surface area contributed by atoms with Crippen molar-refractivity contribution in [2.75, 3.05) is 6.54 Å². The molecule has 0 saturated carbocycles. The summed E-state index contributed by atoms with van der Waals surface area (Å²) in [7, 11) is 0. The number of amides is 2. The maximum absolute atomic E-state index is 13.0. The number of rotatable bonds is 9. The second-order valence-corrected chi connectivity index (χ2v) is 9.51. The molecule has 0 aliphatic carbocycles. The van der Waals surface area contributed by atoms with Gasteiger partial charge >= 0.3 is 12.2 Å². The largest absolute Gasteiger partial charge is 0.416 e. The number of nitrogens with one attached hydrogen (secondary N) is 2. The highest BCUT2D eigenvalue weighted by atomic mass is 35.5. The molecular weight excluding hydrogens is 527 g/mol. The van der Waals surface area contributed by atoms with Crippen molar-refractivity contribution in [1.29, 1.82) is 5.41 Å². The molecule has 4 N–H and O–H groups in total. The Balaban J connectivity index is 1.74. The van der Waals surface area contributed by atoms with E-state index in [4.69, 9.17) is 17.0 Å². The van der Waals surface area contributed by atoms with Gasteiger partial charge in [-0.1, -0.05) is 11.6 Å². The Bertz CT molecular complexity index is 1260. The Hall–Kier alpha value is -3.55. The molecule has 0 saturated heterocycles. The monoisotopic (exact) mass is 553 g/mol. The van der Waals surface area contributed by atoms with E-state index in [0.29, 0.717) is 34.1 Å². The van der Waals surface area contributed by atoms with Gasteiger partial charge in [0.25, 0.3) is 0 Å². The number of aryl methyl sites for hydroxylation is 1. The molecule has 204 valence electrons. The van der Waals surface area contributed by atoms with Crippen molar-refractivity contribution >= 4 is 23.5 Å². The third-order valence-electron chi connectivity index (χ3n) is 5.39. The maximum Gasteiger partial charge on any atom is 0.416 e. The lowest BCUT2D eigenvalue weighted by Gasteiger charge is -2.26. The summed E-state index contributed by atoms with van der Waals surface area (Å²) in [5, 5.41) is 34.9. The molecule has 2 amide bonds. The van der Waals surface area contributed by atoms with Crippen molar-refractivity contribution in [2.45, 2.75) is 51.1 Å². The zero-order valence-electron chi connectivity index (χ0n) is 20.6. The highest BCUT2D eigenvalue weighted by Crippen LogP contribution is 2.22. The minimum atomic E-state index is -4.99. The van der Waals surface area contributed by atoms with Gasteiger partial charge in [-0.25, -0.2) is 14.5 Å². The smallest absolute Gasteiger partial charge is 0.390 e. The minimum absolute atomic E-state index is 0.122. The van der Waals surface area contributed by atoms with E-state index < -0.39 is 36.3 Å². The number of aliphatic hydroxyl groups excluding tert-OH is 1. The SMILES string of the molecule is CC(C)(O)CCc1ncccc1-n1cnc(CNC(=O)N(C[C@H](O)C(F)(F)F)C(=N)c2ccc(Cl)cc2)n1. The van der Waals surface area contributed by atoms with E-state index >= 15 is 0 Å². The molecular formula is C24H27ClF3N7O3. The Morgan fingerprint density at radius 3 is 2.53 bits per heavy atom. The van der Waals surface area contributed by atoms with Crippen LogP contribution >= 0.6 is 11.6 Å². The van der Waals surface area contributed by atoms with E-state index in [0.717, 1.165) is 0 Å². The fraction of sp³-hybridized carbons (Fsp3) is 0.375. The molecule has 0 bridgehead atoms. The van der Waals surface area contributed by atoms with Crippen molar-refractivity contribution in [1.82, 2.24) is 30.0 Å². The van der Waals surface area contributed by atoms with Crippen LogP contribution in [0.5, 0.6) is 0 Å². The van der Waals surface area contributed by atoms with Crippen molar-refractivity contribution in [3.63, 3.8) is 0 Å². The lowest BCUT2D eigenvalue weighted by Crippen LogP contribution is -2.50. The third kappa shape index (κ3) is 7.97. The van der Waals surface area contributed by atoms with E-state index in [2.05, 4.69) is 20.4 Å². The first kappa shape index (κ1) is 29.0. The summed E-state index contributed by atoms with van der Waals surface area (Å²) in [6.07, 6.45) is -3.94. The summed E-state index contributed by atoms with van der Waals surface area (Å²) in [5.74, 6) is -0.419. The van der Waals surface area contributed by atoms with Crippen LogP contribution in [0.25, 0.3) is 5.69 Å². The van der Waals surface area contributed by atoms with Gasteiger partial charge in [0.05, 0.1) is 30.1 Å². The van der Waals surface area contributed by atoms with Crippen LogP contribution < -0.4 is 5.32 Å². The van der Waals surface area contributed by atoms with Crippen LogP contribution in [0.2, 0.25) is 5.02 Å². The van der Waals surface area contributed by atoms with Crippen LogP contribution in [0, 0.1) is 5.41 Å². The Morgan fingerprint density at radius 1 is 1.21 bits per heavy atom. The van der Waals surface area contributed by atoms with Crippen LogP contribution in [-0.4, -0.2) is 71.2 Å². The number of nitrogens with zero attached hydrogens (tertiary/aromatic N) is 5. The van der Waals surface area contributed by atoms with Crippen molar-refractivity contribution in [2.24, 2.45) is 0 Å². The van der Waals surface area contributed by atoms with Crippen LogP contribution in [0.15, 0.2) is 48.9 Å². The lowest BCUT2D eigenvalue weighted by atomic mass is 10.0. The minimum Gasteiger partial charge on any atom is -0.390 e. The molecule has 3 rings (SSSR count). The second-order valence-electron chi connectivity index (χ2n) is 9.07. The average Bonchev–Trinajstić information content (AvgIpc) is 3.32. The number of alkyl halides is 3. The molecule has 1 aromatic carbocycles. The summed E-state index contributed by atoms with van der Waals surface area (Å²) in [6.45, 7) is 1.92. The Kier molecular flexibility index (Phi) is 9.07. The van der Waals surface area contributed by atoms with Gasteiger partial charge < -0.3 is 15.5 Å². The fourth-order valence-corrected chi connectivity index (χ4v) is 3.44. The van der Waals surface area contributed by atoms with Gasteiger partial charge in [-0.15, -0.1) is 5.10 Å². The molecule has 38 heavy (non-hydrogen) atoms. The van der Waals surface area contributed by atoms with E-state index in [1.54, 1.807) is 32.2 Å². The predicted molar refractivity (Wildman–Crippen MR) is 133 cm³/mol. The molecule has 1 atom stereocenters. The van der Waals surface area contributed by atoms with Crippen LogP contribution in [0.4, 0.5) is 18.0 Å². The molecule has 0 radical (unpaired) electrons. The van der Waals surface area contributed by atoms with Gasteiger partial charge in [0.1, 0.15) is 12.2 Å². The summed E-state index contributed by atoms with van der Waals surface area (Å²) >= 11 is 5.83. The molecule has 0 fully saturated rings. The first-order chi connectivity index (χ1) is 17.7. The second kappa shape index (κ2) is 11.9.